The van der Waals surface area contributed by atoms with Crippen molar-refractivity contribution in [3.05, 3.63) is 90.0 Å². The molecule has 1 unspecified atom stereocenters. The lowest BCUT2D eigenvalue weighted by atomic mass is 9.87. The fraction of sp³-hybridized carbons (Fsp3) is 0.432. The van der Waals surface area contributed by atoms with Crippen LogP contribution in [0.3, 0.4) is 0 Å². The number of urea groups is 1. The van der Waals surface area contributed by atoms with Crippen molar-refractivity contribution in [2.45, 2.75) is 80.1 Å². The SMILES string of the molecule is C=C(NC1=NCC(C(C)(C)C)=C1)Nc1ccc(CCC(C)CC)cc1.COc1ccc(NC(=O)Nc2cc(C(C)(C)C)on2)cc1. The molecule has 9 heteroatoms. The van der Waals surface area contributed by atoms with Crippen LogP contribution >= 0.6 is 0 Å². The van der Waals surface area contributed by atoms with Crippen LogP contribution in [-0.2, 0) is 11.8 Å². The molecule has 0 fully saturated rings. The zero-order valence-electron chi connectivity index (χ0n) is 29.0. The second-order valence-electron chi connectivity index (χ2n) is 13.7. The molecule has 2 heterocycles. The molecule has 248 valence electrons. The van der Waals surface area contributed by atoms with Gasteiger partial charge in [-0.1, -0.05) is 85.7 Å². The van der Waals surface area contributed by atoms with Crippen LogP contribution in [0.15, 0.2) is 88.2 Å². The number of aliphatic imine (C=N–C) groups is 1. The number of methoxy groups -OCH3 is 1. The van der Waals surface area contributed by atoms with Crippen molar-refractivity contribution in [2.24, 2.45) is 16.3 Å². The van der Waals surface area contributed by atoms with Gasteiger partial charge in [-0.15, -0.1) is 0 Å². The minimum Gasteiger partial charge on any atom is -0.497 e. The van der Waals surface area contributed by atoms with Gasteiger partial charge in [-0.05, 0) is 77.8 Å². The Morgan fingerprint density at radius 3 is 2.11 bits per heavy atom. The molecule has 9 nitrogen and oxygen atoms in total. The Kier molecular flexibility index (Phi) is 12.6. The van der Waals surface area contributed by atoms with E-state index in [1.54, 1.807) is 37.4 Å². The summed E-state index contributed by atoms with van der Waals surface area (Å²) in [6.07, 6.45) is 5.77. The number of carbonyl (C=O) groups is 1. The Labute approximate surface area is 275 Å². The summed E-state index contributed by atoms with van der Waals surface area (Å²) in [4.78, 5) is 16.4. The van der Waals surface area contributed by atoms with E-state index in [9.17, 15) is 4.79 Å². The molecule has 1 atom stereocenters. The zero-order valence-corrected chi connectivity index (χ0v) is 29.0. The summed E-state index contributed by atoms with van der Waals surface area (Å²) in [5, 5.41) is 15.7. The lowest BCUT2D eigenvalue weighted by Crippen LogP contribution is -2.24. The molecule has 0 aliphatic carbocycles. The first-order valence-electron chi connectivity index (χ1n) is 15.9. The molecule has 4 N–H and O–H groups in total. The first kappa shape index (κ1) is 35.9. The molecule has 0 saturated heterocycles. The quantitative estimate of drug-likeness (QED) is 0.178. The summed E-state index contributed by atoms with van der Waals surface area (Å²) < 4.78 is 10.3. The predicted molar refractivity (Wildman–Crippen MR) is 191 cm³/mol. The van der Waals surface area contributed by atoms with Crippen molar-refractivity contribution in [3.63, 3.8) is 0 Å². The largest absolute Gasteiger partial charge is 0.497 e. The van der Waals surface area contributed by atoms with Crippen molar-refractivity contribution >= 4 is 29.1 Å². The molecule has 3 aromatic rings. The summed E-state index contributed by atoms with van der Waals surface area (Å²) in [6.45, 7) is 22.1. The highest BCUT2D eigenvalue weighted by Gasteiger charge is 2.21. The maximum absolute atomic E-state index is 11.9. The average Bonchev–Trinajstić information content (AvgIpc) is 3.67. The van der Waals surface area contributed by atoms with Crippen LogP contribution in [0.25, 0.3) is 0 Å². The smallest absolute Gasteiger partial charge is 0.324 e. The highest BCUT2D eigenvalue weighted by molar-refractivity contribution is 5.99. The monoisotopic (exact) mass is 628 g/mol. The lowest BCUT2D eigenvalue weighted by molar-refractivity contribution is 0.262. The second kappa shape index (κ2) is 16.2. The number of nitrogens with one attached hydrogen (secondary N) is 4. The minimum atomic E-state index is -0.381. The summed E-state index contributed by atoms with van der Waals surface area (Å²) in [5.74, 6) is 4.24. The Morgan fingerprint density at radius 2 is 1.57 bits per heavy atom. The number of carbonyl (C=O) groups excluding carboxylic acids is 1. The van der Waals surface area contributed by atoms with E-state index in [4.69, 9.17) is 9.26 Å². The number of hydrogen-bond acceptors (Lipinski definition) is 7. The fourth-order valence-corrected chi connectivity index (χ4v) is 4.33. The van der Waals surface area contributed by atoms with E-state index in [1.165, 1.54) is 24.0 Å². The molecule has 2 amide bonds. The van der Waals surface area contributed by atoms with Crippen molar-refractivity contribution in [1.29, 1.82) is 0 Å². The zero-order chi connectivity index (χ0) is 33.9. The van der Waals surface area contributed by atoms with Crippen LogP contribution in [0, 0.1) is 11.3 Å². The van der Waals surface area contributed by atoms with Crippen molar-refractivity contribution in [3.8, 4) is 5.75 Å². The molecular formula is C37H52N6O3. The van der Waals surface area contributed by atoms with Gasteiger partial charge in [-0.2, -0.15) is 0 Å². The lowest BCUT2D eigenvalue weighted by Gasteiger charge is -2.18. The average molecular weight is 629 g/mol. The minimum absolute atomic E-state index is 0.153. The molecule has 0 spiro atoms. The summed E-state index contributed by atoms with van der Waals surface area (Å²) >= 11 is 0. The van der Waals surface area contributed by atoms with Crippen molar-refractivity contribution < 1.29 is 14.1 Å². The molecule has 1 aromatic heterocycles. The van der Waals surface area contributed by atoms with Gasteiger partial charge < -0.3 is 25.2 Å². The van der Waals surface area contributed by atoms with Crippen molar-refractivity contribution in [1.82, 2.24) is 10.5 Å². The number of ether oxygens (including phenoxy) is 1. The van der Waals surface area contributed by atoms with Gasteiger partial charge in [-0.25, -0.2) is 4.79 Å². The van der Waals surface area contributed by atoms with E-state index >= 15 is 0 Å². The summed E-state index contributed by atoms with van der Waals surface area (Å²) in [7, 11) is 1.59. The Bertz CT molecular complexity index is 1490. The van der Waals surface area contributed by atoms with Crippen LogP contribution < -0.4 is 26.0 Å². The Hall–Kier alpha value is -4.53. The van der Waals surface area contributed by atoms with E-state index in [0.29, 0.717) is 17.3 Å². The molecule has 4 rings (SSSR count). The number of aromatic nitrogens is 1. The normalized spacial score (nSPS) is 13.4. The van der Waals surface area contributed by atoms with Gasteiger partial charge in [0.25, 0.3) is 0 Å². The number of hydrogen-bond donors (Lipinski definition) is 4. The highest BCUT2D eigenvalue weighted by Crippen LogP contribution is 2.28. The van der Waals surface area contributed by atoms with Crippen LogP contribution in [0.2, 0.25) is 0 Å². The van der Waals surface area contributed by atoms with E-state index in [-0.39, 0.29) is 16.9 Å². The number of amides is 2. The summed E-state index contributed by atoms with van der Waals surface area (Å²) in [6, 6.07) is 17.0. The third kappa shape index (κ3) is 11.8. The summed E-state index contributed by atoms with van der Waals surface area (Å²) in [5.41, 5.74) is 4.44. The maximum atomic E-state index is 11.9. The van der Waals surface area contributed by atoms with Gasteiger partial charge in [0.05, 0.1) is 13.7 Å². The maximum Gasteiger partial charge on any atom is 0.324 e. The third-order valence-electron chi connectivity index (χ3n) is 7.68. The van der Waals surface area contributed by atoms with E-state index in [2.05, 4.69) is 103 Å². The first-order valence-corrected chi connectivity index (χ1v) is 15.9. The van der Waals surface area contributed by atoms with Gasteiger partial charge in [0, 0.05) is 22.9 Å². The Morgan fingerprint density at radius 1 is 0.935 bits per heavy atom. The van der Waals surface area contributed by atoms with E-state index < -0.39 is 0 Å². The van der Waals surface area contributed by atoms with Gasteiger partial charge in [0.2, 0.25) is 0 Å². The number of aryl methyl sites for hydroxylation is 1. The van der Waals surface area contributed by atoms with Crippen LogP contribution in [0.4, 0.5) is 22.0 Å². The van der Waals surface area contributed by atoms with Crippen LogP contribution in [0.5, 0.6) is 5.75 Å². The third-order valence-corrected chi connectivity index (χ3v) is 7.68. The molecule has 1 aliphatic rings. The van der Waals surface area contributed by atoms with E-state index in [1.807, 2.05) is 20.8 Å². The fourth-order valence-electron chi connectivity index (χ4n) is 4.33. The molecule has 46 heavy (non-hydrogen) atoms. The Balaban J connectivity index is 0.000000254. The topological polar surface area (TPSA) is 113 Å². The molecule has 1 aliphatic heterocycles. The molecule has 0 saturated carbocycles. The number of amidine groups is 1. The molecule has 2 aromatic carbocycles. The second-order valence-corrected chi connectivity index (χ2v) is 13.7. The first-order chi connectivity index (χ1) is 21.7. The van der Waals surface area contributed by atoms with Crippen LogP contribution in [-0.4, -0.2) is 30.7 Å². The van der Waals surface area contributed by atoms with E-state index in [0.717, 1.165) is 42.0 Å². The highest BCUT2D eigenvalue weighted by atomic mass is 16.5. The predicted octanol–water partition coefficient (Wildman–Crippen LogP) is 9.15. The van der Waals surface area contributed by atoms with Crippen molar-refractivity contribution in [2.75, 3.05) is 29.6 Å². The standard InChI is InChI=1S/C22H33N3.C15H19N3O3/c1-7-16(2)8-9-18-10-12-20(13-11-18)24-17(3)25-21-14-19(15-23-21)22(4,5)6;1-15(2,3)12-9-13(18-21-12)17-14(19)16-10-5-7-11(20-4)8-6-10/h10-14,16,24H,3,7-9,15H2,1-2,4-6H3,(H,23,25);5-9H,1-4H3,(H2,16,17,18,19). The molecule has 0 radical (unpaired) electrons. The van der Waals surface area contributed by atoms with Gasteiger partial charge in [0.1, 0.15) is 23.2 Å². The number of anilines is 3. The number of benzene rings is 2. The van der Waals surface area contributed by atoms with Gasteiger partial charge in [0.15, 0.2) is 5.82 Å². The molecular weight excluding hydrogens is 576 g/mol. The van der Waals surface area contributed by atoms with Gasteiger partial charge in [-0.3, -0.25) is 10.3 Å². The number of rotatable bonds is 10. The van der Waals surface area contributed by atoms with Gasteiger partial charge >= 0.3 is 6.03 Å². The molecule has 0 bridgehead atoms. The van der Waals surface area contributed by atoms with Crippen LogP contribution in [0.1, 0.15) is 79.6 Å². The number of nitrogens with zero attached hydrogens (tertiary/aromatic N) is 2.